The summed E-state index contributed by atoms with van der Waals surface area (Å²) in [5.41, 5.74) is 4.28. The molecule has 350 valence electrons. The molecule has 3 aliphatic rings. The maximum atomic E-state index is 14.3. The van der Waals surface area contributed by atoms with Gasteiger partial charge in [-0.05, 0) is 159 Å². The van der Waals surface area contributed by atoms with E-state index >= 15 is 0 Å². The van der Waals surface area contributed by atoms with Gasteiger partial charge in [-0.25, -0.2) is 28.1 Å². The number of benzene rings is 3. The molecule has 0 unspecified atom stereocenters. The molecule has 0 aliphatic carbocycles. The van der Waals surface area contributed by atoms with Crippen molar-refractivity contribution in [2.45, 2.75) is 101 Å². The predicted octanol–water partition coefficient (Wildman–Crippen LogP) is 10.6. The van der Waals surface area contributed by atoms with Crippen LogP contribution in [0.3, 0.4) is 0 Å². The molecular formula is C50H58Cl3F3N10. The zero-order chi connectivity index (χ0) is 45.8. The molecule has 3 aromatic carbocycles. The van der Waals surface area contributed by atoms with Gasteiger partial charge < -0.3 is 35.0 Å². The van der Waals surface area contributed by atoms with Crippen molar-refractivity contribution in [1.82, 2.24) is 49.9 Å². The van der Waals surface area contributed by atoms with Gasteiger partial charge in [0.1, 0.15) is 34.9 Å². The third kappa shape index (κ3) is 10.6. The van der Waals surface area contributed by atoms with E-state index in [2.05, 4.69) is 60.6 Å². The molecule has 0 atom stereocenters. The van der Waals surface area contributed by atoms with E-state index in [1.165, 1.54) is 18.2 Å². The Morgan fingerprint density at radius 1 is 0.515 bits per heavy atom. The summed E-state index contributed by atoms with van der Waals surface area (Å²) in [7, 11) is 2.06. The van der Waals surface area contributed by atoms with E-state index in [0.29, 0.717) is 19.6 Å². The average Bonchev–Trinajstić information content (AvgIpc) is 4.10. The summed E-state index contributed by atoms with van der Waals surface area (Å²) in [6, 6.07) is 14.4. The number of halogens is 6. The maximum absolute atomic E-state index is 14.3. The Morgan fingerprint density at radius 2 is 0.803 bits per heavy atom. The summed E-state index contributed by atoms with van der Waals surface area (Å²) in [4.78, 5) is 15.7. The lowest BCUT2D eigenvalue weighted by molar-refractivity contribution is 0.236. The first-order chi connectivity index (χ1) is 32.1. The zero-order valence-corrected chi connectivity index (χ0v) is 39.6. The lowest BCUT2D eigenvalue weighted by Crippen LogP contribution is -2.46. The molecule has 10 nitrogen and oxygen atoms in total. The topological polar surface area (TPSA) is 102 Å². The number of aromatic nitrogens is 6. The highest BCUT2D eigenvalue weighted by atomic mass is 35.5. The van der Waals surface area contributed by atoms with E-state index in [0.717, 1.165) is 148 Å². The van der Waals surface area contributed by atoms with Crippen LogP contribution in [-0.4, -0.2) is 80.5 Å². The molecule has 66 heavy (non-hydrogen) atoms. The van der Waals surface area contributed by atoms with E-state index in [-0.39, 0.29) is 38.4 Å². The van der Waals surface area contributed by atoms with Crippen molar-refractivity contribution in [2.75, 3.05) is 46.3 Å². The molecule has 3 saturated heterocycles. The normalized spacial score (nSPS) is 17.0. The van der Waals surface area contributed by atoms with E-state index < -0.39 is 17.5 Å². The van der Waals surface area contributed by atoms with Crippen molar-refractivity contribution < 1.29 is 13.2 Å². The highest BCUT2D eigenvalue weighted by Gasteiger charge is 2.33. The molecule has 6 aromatic rings. The van der Waals surface area contributed by atoms with Crippen molar-refractivity contribution in [1.29, 1.82) is 0 Å². The van der Waals surface area contributed by atoms with Crippen molar-refractivity contribution in [3.63, 3.8) is 0 Å². The minimum Gasteiger partial charge on any atom is -0.334 e. The van der Waals surface area contributed by atoms with Gasteiger partial charge in [-0.2, -0.15) is 0 Å². The van der Waals surface area contributed by atoms with Crippen LogP contribution in [0, 0.1) is 17.5 Å². The molecule has 16 heteroatoms. The Balaban J connectivity index is 1.07. The van der Waals surface area contributed by atoms with Crippen LogP contribution < -0.4 is 21.3 Å². The summed E-state index contributed by atoms with van der Waals surface area (Å²) < 4.78 is 50.0. The van der Waals surface area contributed by atoms with Crippen LogP contribution in [0.4, 0.5) is 13.2 Å². The van der Waals surface area contributed by atoms with Gasteiger partial charge in [0.25, 0.3) is 0 Å². The van der Waals surface area contributed by atoms with Gasteiger partial charge in [0, 0.05) is 78.2 Å². The number of imidazole rings is 3. The summed E-state index contributed by atoms with van der Waals surface area (Å²) in [6.45, 7) is 7.59. The Kier molecular flexibility index (Phi) is 14.9. The summed E-state index contributed by atoms with van der Waals surface area (Å²) >= 11 is 18.9. The predicted molar refractivity (Wildman–Crippen MR) is 258 cm³/mol. The van der Waals surface area contributed by atoms with E-state index in [9.17, 15) is 13.2 Å². The second-order valence-electron chi connectivity index (χ2n) is 18.3. The number of hydrogen-bond acceptors (Lipinski definition) is 7. The average molecular weight is 962 g/mol. The number of rotatable bonds is 16. The fourth-order valence-electron chi connectivity index (χ4n) is 10.2. The lowest BCUT2D eigenvalue weighted by atomic mass is 9.86. The summed E-state index contributed by atoms with van der Waals surface area (Å²) in [5.74, 6) is 2.55. The lowest BCUT2D eigenvalue weighted by Gasteiger charge is -2.36. The third-order valence-electron chi connectivity index (χ3n) is 14.2. The quantitative estimate of drug-likeness (QED) is 0.0767. The van der Waals surface area contributed by atoms with Gasteiger partial charge >= 0.3 is 0 Å². The van der Waals surface area contributed by atoms with Crippen LogP contribution >= 0.6 is 34.8 Å². The Morgan fingerprint density at radius 3 is 1.06 bits per heavy atom. The first-order valence-corrected chi connectivity index (χ1v) is 24.6. The summed E-state index contributed by atoms with van der Waals surface area (Å²) in [6.07, 6.45) is 14.5. The Labute approximate surface area is 400 Å². The molecule has 3 aliphatic heterocycles. The third-order valence-corrected chi connectivity index (χ3v) is 15.1. The maximum Gasteiger partial charge on any atom is 0.141 e. The molecule has 0 amide bonds. The minimum atomic E-state index is -0.457. The van der Waals surface area contributed by atoms with Crippen LogP contribution in [0.5, 0.6) is 0 Å². The second kappa shape index (κ2) is 21.0. The number of nitrogens with one attached hydrogen (secondary N) is 4. The Bertz CT molecular complexity index is 2330. The highest BCUT2D eigenvalue weighted by Crippen LogP contribution is 2.36. The molecule has 3 fully saturated rings. The first kappa shape index (κ1) is 46.9. The van der Waals surface area contributed by atoms with E-state index in [1.54, 1.807) is 36.4 Å². The van der Waals surface area contributed by atoms with Gasteiger partial charge in [0.05, 0.1) is 32.1 Å². The molecule has 4 N–H and O–H groups in total. The molecular weight excluding hydrogens is 904 g/mol. The molecule has 0 saturated carbocycles. The fraction of sp³-hybridized carbons (Fsp3) is 0.460. The SMILES string of the molecule is CNC(CCn1cc(-c2ccc(F)c(Cl)c2)nc1C1CCNCC1)(CCn1cc(-c2ccc(F)c(Cl)c2)nc1C1CCNCC1)CCn1cc(-c2ccc(F)c(Cl)c2)nc1C1CCNCC1. The largest absolute Gasteiger partial charge is 0.334 e. The van der Waals surface area contributed by atoms with Crippen LogP contribution in [0.1, 0.15) is 93.0 Å². The number of aryl methyl sites for hydroxylation is 3. The molecule has 0 radical (unpaired) electrons. The standard InChI is InChI=1S/C50H58Cl3F3N10/c1-57-50(14-23-64-29-44(35-2-5-41(54)38(51)26-35)61-47(64)32-8-17-58-18-9-32,15-24-65-30-45(36-3-6-42(55)39(52)27-36)62-48(65)33-10-19-59-20-11-33)16-25-66-31-46(37-4-7-43(56)40(53)28-37)63-49(66)34-12-21-60-22-13-34/h2-7,26-34,57-60H,8-25H2,1H3. The van der Waals surface area contributed by atoms with Gasteiger partial charge in [0.2, 0.25) is 0 Å². The van der Waals surface area contributed by atoms with Gasteiger partial charge in [-0.3, -0.25) is 0 Å². The Hall–Kier alpha value is -4.21. The number of nitrogens with zero attached hydrogens (tertiary/aromatic N) is 6. The van der Waals surface area contributed by atoms with Gasteiger partial charge in [-0.1, -0.05) is 34.8 Å². The van der Waals surface area contributed by atoms with Crippen LogP contribution in [0.25, 0.3) is 33.8 Å². The van der Waals surface area contributed by atoms with E-state index in [4.69, 9.17) is 49.8 Å². The fourth-order valence-corrected chi connectivity index (χ4v) is 10.7. The van der Waals surface area contributed by atoms with Crippen LogP contribution in [0.15, 0.2) is 73.2 Å². The molecule has 0 spiro atoms. The van der Waals surface area contributed by atoms with Crippen molar-refractivity contribution in [3.8, 4) is 33.8 Å². The monoisotopic (exact) mass is 960 g/mol. The van der Waals surface area contributed by atoms with Crippen molar-refractivity contribution in [2.24, 2.45) is 0 Å². The van der Waals surface area contributed by atoms with Crippen molar-refractivity contribution >= 4 is 34.8 Å². The first-order valence-electron chi connectivity index (χ1n) is 23.4. The van der Waals surface area contributed by atoms with Gasteiger partial charge in [0.15, 0.2) is 0 Å². The minimum absolute atomic E-state index is 0.0720. The van der Waals surface area contributed by atoms with Gasteiger partial charge in [-0.15, -0.1) is 0 Å². The molecule has 9 rings (SSSR count). The number of piperidine rings is 3. The number of hydrogen-bond donors (Lipinski definition) is 4. The zero-order valence-electron chi connectivity index (χ0n) is 37.3. The molecule has 3 aromatic heterocycles. The summed E-state index contributed by atoms with van der Waals surface area (Å²) in [5, 5.41) is 14.6. The van der Waals surface area contributed by atoms with Crippen LogP contribution in [0.2, 0.25) is 15.1 Å². The second-order valence-corrected chi connectivity index (χ2v) is 19.5. The molecule has 6 heterocycles. The van der Waals surface area contributed by atoms with Crippen LogP contribution in [-0.2, 0) is 19.6 Å². The van der Waals surface area contributed by atoms with E-state index in [1.807, 2.05) is 0 Å². The highest BCUT2D eigenvalue weighted by molar-refractivity contribution is 6.31. The molecule has 0 bridgehead atoms. The smallest absolute Gasteiger partial charge is 0.141 e. The van der Waals surface area contributed by atoms with Crippen molar-refractivity contribution in [3.05, 3.63) is 123 Å².